The van der Waals surface area contributed by atoms with Gasteiger partial charge in [0.2, 0.25) is 5.91 Å². The highest BCUT2D eigenvalue weighted by molar-refractivity contribution is 5.76. The molecule has 0 aliphatic heterocycles. The number of nitrogens with one attached hydrogen (secondary N) is 1. The van der Waals surface area contributed by atoms with Gasteiger partial charge in [0.15, 0.2) is 0 Å². The molecule has 1 aromatic carbocycles. The third-order valence-corrected chi connectivity index (χ3v) is 3.39. The van der Waals surface area contributed by atoms with Crippen molar-refractivity contribution in [3.63, 3.8) is 0 Å². The Morgan fingerprint density at radius 3 is 2.75 bits per heavy atom. The van der Waals surface area contributed by atoms with Gasteiger partial charge in [-0.2, -0.15) is 0 Å². The largest absolute Gasteiger partial charge is 0.345 e. The Morgan fingerprint density at radius 2 is 2.10 bits per heavy atom. The van der Waals surface area contributed by atoms with Crippen LogP contribution in [0.4, 0.5) is 0 Å². The number of hydrogen-bond donors (Lipinski definition) is 1. The van der Waals surface area contributed by atoms with Crippen LogP contribution in [0, 0.1) is 13.8 Å². The van der Waals surface area contributed by atoms with Crippen molar-refractivity contribution in [2.45, 2.75) is 33.2 Å². The van der Waals surface area contributed by atoms with Crippen LogP contribution in [0.3, 0.4) is 0 Å². The molecule has 0 saturated carbocycles. The first-order valence-electron chi connectivity index (χ1n) is 6.88. The van der Waals surface area contributed by atoms with Crippen molar-refractivity contribution in [2.75, 3.05) is 0 Å². The van der Waals surface area contributed by atoms with E-state index in [2.05, 4.69) is 42.3 Å². The van der Waals surface area contributed by atoms with Crippen LogP contribution in [-0.4, -0.2) is 10.9 Å². The molecule has 1 aromatic heterocycles. The van der Waals surface area contributed by atoms with Gasteiger partial charge in [-0.05, 0) is 36.6 Å². The number of pyridine rings is 1. The number of rotatable bonds is 4. The Balaban J connectivity index is 2.46. The molecule has 20 heavy (non-hydrogen) atoms. The monoisotopic (exact) mass is 268 g/mol. The summed E-state index contributed by atoms with van der Waals surface area (Å²) in [5.74, 6) is 0.0414. The second-order valence-electron chi connectivity index (χ2n) is 5.00. The molecule has 1 amide bonds. The number of carbonyl (C=O) groups excluding carboxylic acids is 1. The summed E-state index contributed by atoms with van der Waals surface area (Å²) in [7, 11) is 0. The second kappa shape index (κ2) is 6.33. The Morgan fingerprint density at radius 1 is 1.30 bits per heavy atom. The van der Waals surface area contributed by atoms with Crippen molar-refractivity contribution in [3.05, 3.63) is 65.0 Å². The van der Waals surface area contributed by atoms with E-state index in [-0.39, 0.29) is 11.9 Å². The molecule has 1 atom stereocenters. The van der Waals surface area contributed by atoms with E-state index in [0.717, 1.165) is 11.1 Å². The van der Waals surface area contributed by atoms with Gasteiger partial charge < -0.3 is 5.32 Å². The minimum absolute atomic E-state index is 0.0414. The van der Waals surface area contributed by atoms with E-state index < -0.39 is 0 Å². The summed E-state index contributed by atoms with van der Waals surface area (Å²) < 4.78 is 0. The standard InChI is InChI=1S/C17H20N2O/c1-4-16(20)19-17(14-6-5-9-18-11-14)15-10-12(2)7-8-13(15)3/h5-11,17H,4H2,1-3H3,(H,19,20)/t17-/m0/s1. The first-order valence-corrected chi connectivity index (χ1v) is 6.88. The van der Waals surface area contributed by atoms with Crippen molar-refractivity contribution in [1.29, 1.82) is 0 Å². The van der Waals surface area contributed by atoms with Gasteiger partial charge >= 0.3 is 0 Å². The Labute approximate surface area is 120 Å². The average Bonchev–Trinajstić information content (AvgIpc) is 2.48. The molecule has 3 nitrogen and oxygen atoms in total. The van der Waals surface area contributed by atoms with E-state index in [1.807, 2.05) is 25.3 Å². The first-order chi connectivity index (χ1) is 9.61. The lowest BCUT2D eigenvalue weighted by molar-refractivity contribution is -0.121. The first kappa shape index (κ1) is 14.3. The molecule has 0 aliphatic carbocycles. The van der Waals surface area contributed by atoms with Crippen LogP contribution in [0.25, 0.3) is 0 Å². The predicted octanol–water partition coefficient (Wildman–Crippen LogP) is 3.31. The smallest absolute Gasteiger partial charge is 0.220 e. The highest BCUT2D eigenvalue weighted by atomic mass is 16.1. The summed E-state index contributed by atoms with van der Waals surface area (Å²) >= 11 is 0. The predicted molar refractivity (Wildman–Crippen MR) is 80.4 cm³/mol. The van der Waals surface area contributed by atoms with Crippen molar-refractivity contribution < 1.29 is 4.79 Å². The van der Waals surface area contributed by atoms with Crippen molar-refractivity contribution in [2.24, 2.45) is 0 Å². The maximum Gasteiger partial charge on any atom is 0.220 e. The molecule has 2 rings (SSSR count). The van der Waals surface area contributed by atoms with E-state index in [0.29, 0.717) is 6.42 Å². The fourth-order valence-corrected chi connectivity index (χ4v) is 2.22. The SMILES string of the molecule is CCC(=O)N[C@@H](c1cccnc1)c1cc(C)ccc1C. The van der Waals surface area contributed by atoms with Crippen LogP contribution < -0.4 is 5.32 Å². The quantitative estimate of drug-likeness (QED) is 0.924. The number of benzene rings is 1. The van der Waals surface area contributed by atoms with Gasteiger partial charge in [0.1, 0.15) is 0 Å². The van der Waals surface area contributed by atoms with Gasteiger partial charge in [-0.1, -0.05) is 36.8 Å². The summed E-state index contributed by atoms with van der Waals surface area (Å²) in [6.07, 6.45) is 4.02. The summed E-state index contributed by atoms with van der Waals surface area (Å²) in [6.45, 7) is 5.99. The van der Waals surface area contributed by atoms with Gasteiger partial charge in [0.25, 0.3) is 0 Å². The van der Waals surface area contributed by atoms with Gasteiger partial charge in [0.05, 0.1) is 6.04 Å². The lowest BCUT2D eigenvalue weighted by atomic mass is 9.94. The number of aryl methyl sites for hydroxylation is 2. The zero-order valence-electron chi connectivity index (χ0n) is 12.2. The van der Waals surface area contributed by atoms with E-state index in [4.69, 9.17) is 0 Å². The minimum Gasteiger partial charge on any atom is -0.345 e. The van der Waals surface area contributed by atoms with Crippen LogP contribution in [0.2, 0.25) is 0 Å². The lowest BCUT2D eigenvalue weighted by Crippen LogP contribution is -2.29. The number of carbonyl (C=O) groups is 1. The molecule has 0 spiro atoms. The summed E-state index contributed by atoms with van der Waals surface area (Å²) in [5.41, 5.74) is 4.48. The molecule has 2 aromatic rings. The van der Waals surface area contributed by atoms with E-state index in [9.17, 15) is 4.79 Å². The van der Waals surface area contributed by atoms with Gasteiger partial charge in [-0.25, -0.2) is 0 Å². The molecule has 104 valence electrons. The molecule has 1 N–H and O–H groups in total. The average molecular weight is 268 g/mol. The molecular weight excluding hydrogens is 248 g/mol. The molecule has 0 bridgehead atoms. The van der Waals surface area contributed by atoms with Crippen LogP contribution in [0.5, 0.6) is 0 Å². The fraction of sp³-hybridized carbons (Fsp3) is 0.294. The number of hydrogen-bond acceptors (Lipinski definition) is 2. The minimum atomic E-state index is -0.143. The highest BCUT2D eigenvalue weighted by Crippen LogP contribution is 2.25. The summed E-state index contributed by atoms with van der Waals surface area (Å²) in [6, 6.07) is 10.0. The zero-order valence-corrected chi connectivity index (χ0v) is 12.2. The van der Waals surface area contributed by atoms with E-state index in [1.165, 1.54) is 11.1 Å². The zero-order chi connectivity index (χ0) is 14.5. The molecule has 0 unspecified atom stereocenters. The topological polar surface area (TPSA) is 42.0 Å². The molecule has 3 heteroatoms. The normalized spacial score (nSPS) is 11.9. The van der Waals surface area contributed by atoms with Gasteiger partial charge in [-0.15, -0.1) is 0 Å². The van der Waals surface area contributed by atoms with Crippen LogP contribution in [0.1, 0.15) is 41.6 Å². The van der Waals surface area contributed by atoms with Crippen molar-refractivity contribution >= 4 is 5.91 Å². The van der Waals surface area contributed by atoms with Crippen molar-refractivity contribution in [3.8, 4) is 0 Å². The maximum absolute atomic E-state index is 11.8. The molecular formula is C17H20N2O. The third-order valence-electron chi connectivity index (χ3n) is 3.39. The number of amides is 1. The maximum atomic E-state index is 11.8. The van der Waals surface area contributed by atoms with E-state index >= 15 is 0 Å². The number of nitrogens with zero attached hydrogens (tertiary/aromatic N) is 1. The summed E-state index contributed by atoms with van der Waals surface area (Å²) in [5, 5.41) is 3.09. The molecule has 1 heterocycles. The lowest BCUT2D eigenvalue weighted by Gasteiger charge is -2.21. The number of aromatic nitrogens is 1. The fourth-order valence-electron chi connectivity index (χ4n) is 2.22. The highest BCUT2D eigenvalue weighted by Gasteiger charge is 2.18. The van der Waals surface area contributed by atoms with Crippen molar-refractivity contribution in [1.82, 2.24) is 10.3 Å². The Bertz CT molecular complexity index is 593. The van der Waals surface area contributed by atoms with E-state index in [1.54, 1.807) is 6.20 Å². The van der Waals surface area contributed by atoms with Gasteiger partial charge in [0, 0.05) is 18.8 Å². The molecule has 0 fully saturated rings. The Kier molecular flexibility index (Phi) is 4.51. The molecule has 0 aliphatic rings. The van der Waals surface area contributed by atoms with Crippen LogP contribution in [-0.2, 0) is 4.79 Å². The molecule has 0 saturated heterocycles. The van der Waals surface area contributed by atoms with Gasteiger partial charge in [-0.3, -0.25) is 9.78 Å². The Hall–Kier alpha value is -2.16. The second-order valence-corrected chi connectivity index (χ2v) is 5.00. The third kappa shape index (κ3) is 3.23. The van der Waals surface area contributed by atoms with Crippen LogP contribution >= 0.6 is 0 Å². The summed E-state index contributed by atoms with van der Waals surface area (Å²) in [4.78, 5) is 16.0. The molecule has 0 radical (unpaired) electrons. The van der Waals surface area contributed by atoms with Crippen LogP contribution in [0.15, 0.2) is 42.7 Å².